The number of halogens is 4. The van der Waals surface area contributed by atoms with Gasteiger partial charge in [-0.3, -0.25) is 15.8 Å². The summed E-state index contributed by atoms with van der Waals surface area (Å²) in [5.74, 6) is -1.60. The largest absolute Gasteiger partial charge is 0.453 e. The van der Waals surface area contributed by atoms with Crippen LogP contribution in [0, 0.1) is 30.5 Å². The fraction of sp³-hybridized carbons (Fsp3) is 0.273. The Bertz CT molecular complexity index is 1300. The molecule has 0 saturated carbocycles. The molecular weight excluding hydrogens is 440 g/mol. The van der Waals surface area contributed by atoms with E-state index < -0.39 is 23.3 Å². The Kier molecular flexibility index (Phi) is 5.64. The van der Waals surface area contributed by atoms with E-state index >= 15 is 0 Å². The molecule has 0 fully saturated rings. The summed E-state index contributed by atoms with van der Waals surface area (Å²) in [6, 6.07) is 7.69. The van der Waals surface area contributed by atoms with Gasteiger partial charge in [-0.25, -0.2) is 4.39 Å². The van der Waals surface area contributed by atoms with Crippen molar-refractivity contribution in [3.63, 3.8) is 0 Å². The smallest absolute Gasteiger partial charge is 0.451 e. The molecule has 1 aromatic carbocycles. The number of hydrogen-bond donors (Lipinski definition) is 2. The zero-order valence-corrected chi connectivity index (χ0v) is 17.8. The van der Waals surface area contributed by atoms with Crippen LogP contribution < -0.4 is 15.1 Å². The molecule has 1 aliphatic rings. The molecule has 2 aromatic heterocycles. The lowest BCUT2D eigenvalue weighted by Crippen LogP contribution is -2.42. The van der Waals surface area contributed by atoms with E-state index in [2.05, 4.69) is 10.1 Å². The lowest BCUT2D eigenvalue weighted by atomic mass is 10.0. The third-order valence-electron chi connectivity index (χ3n) is 5.52. The minimum Gasteiger partial charge on any atom is -0.453 e. The van der Waals surface area contributed by atoms with Gasteiger partial charge in [0.1, 0.15) is 5.75 Å². The molecule has 2 N–H and O–H groups in total. The molecule has 3 heterocycles. The van der Waals surface area contributed by atoms with Gasteiger partial charge >= 0.3 is 6.18 Å². The zero-order valence-electron chi connectivity index (χ0n) is 17.8. The standard InChI is InChI=1S/C22H20F4N6O/c1-12-13(2)20(30-32(19(12)27)21(28)22(24,25)26)31-8-7-17-14(11-31)9-15(10-29-17)33-18-6-4-3-5-16(18)23/h3-6,9-10,27-28H,7-8,11H2,1-2H3. The molecule has 0 aliphatic carbocycles. The highest BCUT2D eigenvalue weighted by Gasteiger charge is 2.38. The fourth-order valence-corrected chi connectivity index (χ4v) is 3.60. The predicted octanol–water partition coefficient (Wildman–Crippen LogP) is 4.26. The third-order valence-corrected chi connectivity index (χ3v) is 5.52. The van der Waals surface area contributed by atoms with Gasteiger partial charge in [0.15, 0.2) is 22.9 Å². The van der Waals surface area contributed by atoms with Crippen LogP contribution >= 0.6 is 0 Å². The van der Waals surface area contributed by atoms with Crippen LogP contribution in [0.4, 0.5) is 23.4 Å². The van der Waals surface area contributed by atoms with Gasteiger partial charge in [0.05, 0.1) is 6.20 Å². The van der Waals surface area contributed by atoms with E-state index in [0.717, 1.165) is 11.3 Å². The van der Waals surface area contributed by atoms with Gasteiger partial charge in [-0.1, -0.05) is 12.1 Å². The second-order valence-corrected chi connectivity index (χ2v) is 7.66. The lowest BCUT2D eigenvalue weighted by molar-refractivity contribution is -0.0632. The molecule has 0 radical (unpaired) electrons. The number of aromatic nitrogens is 3. The minimum absolute atomic E-state index is 0.0535. The highest BCUT2D eigenvalue weighted by molar-refractivity contribution is 5.86. The van der Waals surface area contributed by atoms with Gasteiger partial charge in [0.25, 0.3) is 0 Å². The van der Waals surface area contributed by atoms with E-state index in [1.54, 1.807) is 30.0 Å². The number of ether oxygens (including phenoxy) is 1. The molecule has 0 bridgehead atoms. The van der Waals surface area contributed by atoms with E-state index in [-0.39, 0.29) is 18.1 Å². The Labute approximate surface area is 186 Å². The summed E-state index contributed by atoms with van der Waals surface area (Å²) < 4.78 is 59.3. The number of alkyl halides is 3. The summed E-state index contributed by atoms with van der Waals surface area (Å²) in [4.78, 5) is 6.17. The molecule has 172 valence electrons. The Hall–Kier alpha value is -3.76. The van der Waals surface area contributed by atoms with Crippen molar-refractivity contribution in [1.29, 1.82) is 10.8 Å². The zero-order chi connectivity index (χ0) is 23.9. The van der Waals surface area contributed by atoms with Crippen molar-refractivity contribution in [2.24, 2.45) is 0 Å². The summed E-state index contributed by atoms with van der Waals surface area (Å²) in [5, 5.41) is 19.5. The van der Waals surface area contributed by atoms with E-state index in [0.29, 0.717) is 34.5 Å². The number of hydrogen-bond acceptors (Lipinski definition) is 6. The maximum atomic E-state index is 13.9. The number of pyridine rings is 1. The molecular formula is C22H20F4N6O. The summed E-state index contributed by atoms with van der Waals surface area (Å²) in [7, 11) is 0. The Morgan fingerprint density at radius 1 is 1.15 bits per heavy atom. The summed E-state index contributed by atoms with van der Waals surface area (Å²) in [6.45, 7) is 3.93. The molecule has 0 saturated heterocycles. The van der Waals surface area contributed by atoms with E-state index in [1.165, 1.54) is 25.3 Å². The predicted molar refractivity (Wildman–Crippen MR) is 112 cm³/mol. The first-order chi connectivity index (χ1) is 15.6. The molecule has 0 unspecified atom stereocenters. The number of nitrogens with one attached hydrogen (secondary N) is 2. The Balaban J connectivity index is 1.67. The quantitative estimate of drug-likeness (QED) is 0.347. The lowest BCUT2D eigenvalue weighted by Gasteiger charge is -2.31. The van der Waals surface area contributed by atoms with Gasteiger partial charge in [-0.2, -0.15) is 17.9 Å². The van der Waals surface area contributed by atoms with Crippen molar-refractivity contribution in [1.82, 2.24) is 14.8 Å². The normalized spacial score (nSPS) is 13.6. The maximum Gasteiger partial charge on any atom is 0.451 e. The number of rotatable bonds is 3. The van der Waals surface area contributed by atoms with Crippen molar-refractivity contribution in [3.8, 4) is 11.5 Å². The Morgan fingerprint density at radius 3 is 2.58 bits per heavy atom. The first-order valence-electron chi connectivity index (χ1n) is 10.0. The average Bonchev–Trinajstić information content (AvgIpc) is 2.78. The van der Waals surface area contributed by atoms with Crippen LogP contribution in [0.15, 0.2) is 36.5 Å². The van der Waals surface area contributed by atoms with Crippen molar-refractivity contribution < 1.29 is 22.3 Å². The summed E-state index contributed by atoms with van der Waals surface area (Å²) >= 11 is 0. The first kappa shape index (κ1) is 22.4. The number of nitrogens with zero attached hydrogens (tertiary/aromatic N) is 4. The van der Waals surface area contributed by atoms with Crippen LogP contribution in [-0.2, 0) is 13.0 Å². The molecule has 1 aliphatic heterocycles. The van der Waals surface area contributed by atoms with E-state index in [1.807, 2.05) is 0 Å². The third kappa shape index (κ3) is 4.30. The number of fused-ring (bicyclic) bond motifs is 1. The van der Waals surface area contributed by atoms with Crippen molar-refractivity contribution in [2.75, 3.05) is 11.4 Å². The highest BCUT2D eigenvalue weighted by atomic mass is 19.4. The fourth-order valence-electron chi connectivity index (χ4n) is 3.60. The van der Waals surface area contributed by atoms with Gasteiger partial charge in [0, 0.05) is 30.8 Å². The second kappa shape index (κ2) is 8.30. The first-order valence-corrected chi connectivity index (χ1v) is 10.0. The molecule has 7 nitrogen and oxygen atoms in total. The second-order valence-electron chi connectivity index (χ2n) is 7.66. The van der Waals surface area contributed by atoms with Crippen molar-refractivity contribution in [2.45, 2.75) is 33.0 Å². The molecule has 11 heteroatoms. The van der Waals surface area contributed by atoms with Crippen LogP contribution in [0.3, 0.4) is 0 Å². The summed E-state index contributed by atoms with van der Waals surface area (Å²) in [5.41, 5.74) is 1.94. The monoisotopic (exact) mass is 460 g/mol. The topological polar surface area (TPSA) is 90.9 Å². The highest BCUT2D eigenvalue weighted by Crippen LogP contribution is 2.30. The van der Waals surface area contributed by atoms with Crippen molar-refractivity contribution in [3.05, 3.63) is 70.2 Å². The van der Waals surface area contributed by atoms with Gasteiger partial charge in [-0.05, 0) is 43.2 Å². The minimum atomic E-state index is -4.94. The van der Waals surface area contributed by atoms with E-state index in [9.17, 15) is 17.6 Å². The molecule has 0 spiro atoms. The number of para-hydroxylation sites is 1. The van der Waals surface area contributed by atoms with Crippen LogP contribution in [-0.4, -0.2) is 33.3 Å². The molecule has 3 aromatic rings. The van der Waals surface area contributed by atoms with Crippen molar-refractivity contribution >= 4 is 11.7 Å². The van der Waals surface area contributed by atoms with Crippen LogP contribution in [0.5, 0.6) is 11.5 Å². The van der Waals surface area contributed by atoms with E-state index in [4.69, 9.17) is 15.6 Å². The number of benzene rings is 1. The Morgan fingerprint density at radius 2 is 1.88 bits per heavy atom. The SMILES string of the molecule is Cc1c(N2CCc3ncc(Oc4ccccc4F)cc3C2)nn(C(=N)C(F)(F)F)c(=N)c1C. The van der Waals surface area contributed by atoms with Crippen LogP contribution in [0.25, 0.3) is 0 Å². The van der Waals surface area contributed by atoms with Gasteiger partial charge in [-0.15, -0.1) is 5.10 Å². The average molecular weight is 460 g/mol. The van der Waals surface area contributed by atoms with Crippen LogP contribution in [0.2, 0.25) is 0 Å². The molecule has 33 heavy (non-hydrogen) atoms. The molecule has 0 atom stereocenters. The molecule has 0 amide bonds. The molecule has 4 rings (SSSR count). The summed E-state index contributed by atoms with van der Waals surface area (Å²) in [6.07, 6.45) is -2.93. The number of anilines is 1. The van der Waals surface area contributed by atoms with Crippen LogP contribution in [0.1, 0.15) is 22.4 Å². The van der Waals surface area contributed by atoms with Gasteiger partial charge < -0.3 is 9.64 Å². The maximum absolute atomic E-state index is 13.9. The van der Waals surface area contributed by atoms with Gasteiger partial charge in [0.2, 0.25) is 5.84 Å².